The predicted molar refractivity (Wildman–Crippen MR) is 77.3 cm³/mol. The molecule has 1 rings (SSSR count). The van der Waals surface area contributed by atoms with E-state index in [1.165, 1.54) is 64.5 Å². The molecule has 1 saturated carbocycles. The molecule has 0 saturated heterocycles. The summed E-state index contributed by atoms with van der Waals surface area (Å²) in [6, 6.07) is 0. The van der Waals surface area contributed by atoms with E-state index in [1.807, 2.05) is 0 Å². The van der Waals surface area contributed by atoms with Crippen molar-refractivity contribution in [1.82, 2.24) is 5.32 Å². The van der Waals surface area contributed by atoms with Crippen molar-refractivity contribution in [1.29, 1.82) is 0 Å². The molecule has 1 aliphatic carbocycles. The summed E-state index contributed by atoms with van der Waals surface area (Å²) in [4.78, 5) is 0. The molecule has 2 unspecified atom stereocenters. The van der Waals surface area contributed by atoms with Crippen molar-refractivity contribution in [3.8, 4) is 0 Å². The highest BCUT2D eigenvalue weighted by molar-refractivity contribution is 4.76. The Kier molecular flexibility index (Phi) is 7.92. The number of nitrogens with one attached hydrogen (secondary N) is 1. The average molecular weight is 239 g/mol. The van der Waals surface area contributed by atoms with Gasteiger partial charge in [-0.15, -0.1) is 0 Å². The number of hydrogen-bond acceptors (Lipinski definition) is 1. The molecule has 1 nitrogen and oxygen atoms in total. The van der Waals surface area contributed by atoms with Crippen LogP contribution in [0.2, 0.25) is 0 Å². The minimum absolute atomic E-state index is 0.787. The van der Waals surface area contributed by atoms with E-state index in [-0.39, 0.29) is 0 Å². The van der Waals surface area contributed by atoms with Crippen LogP contribution in [0.1, 0.15) is 72.1 Å². The van der Waals surface area contributed by atoms with Crippen LogP contribution in [0.3, 0.4) is 0 Å². The van der Waals surface area contributed by atoms with Gasteiger partial charge in [0.1, 0.15) is 0 Å². The minimum Gasteiger partial charge on any atom is -0.316 e. The minimum atomic E-state index is 0.787. The molecular weight excluding hydrogens is 206 g/mol. The third kappa shape index (κ3) is 6.45. The largest absolute Gasteiger partial charge is 0.316 e. The summed E-state index contributed by atoms with van der Waals surface area (Å²) >= 11 is 0. The van der Waals surface area contributed by atoms with Crippen molar-refractivity contribution in [2.24, 2.45) is 17.8 Å². The van der Waals surface area contributed by atoms with E-state index >= 15 is 0 Å². The summed E-state index contributed by atoms with van der Waals surface area (Å²) in [5, 5.41) is 3.69. The first-order valence-electron chi connectivity index (χ1n) is 7.94. The fourth-order valence-corrected chi connectivity index (χ4v) is 3.13. The second-order valence-electron chi connectivity index (χ2n) is 6.35. The fourth-order valence-electron chi connectivity index (χ4n) is 3.13. The molecule has 0 aromatic rings. The maximum atomic E-state index is 3.69. The Morgan fingerprint density at radius 3 is 2.41 bits per heavy atom. The molecule has 1 N–H and O–H groups in total. The zero-order chi connectivity index (χ0) is 12.5. The van der Waals surface area contributed by atoms with E-state index in [1.54, 1.807) is 0 Å². The lowest BCUT2D eigenvalue weighted by atomic mass is 9.84. The van der Waals surface area contributed by atoms with Crippen LogP contribution in [0.25, 0.3) is 0 Å². The molecule has 2 atom stereocenters. The Balaban J connectivity index is 2.32. The Morgan fingerprint density at radius 1 is 1.06 bits per heavy atom. The van der Waals surface area contributed by atoms with Gasteiger partial charge in [0.25, 0.3) is 0 Å². The van der Waals surface area contributed by atoms with Gasteiger partial charge in [0.15, 0.2) is 0 Å². The zero-order valence-electron chi connectivity index (χ0n) is 12.3. The normalized spacial score (nSPS) is 26.1. The van der Waals surface area contributed by atoms with Crippen molar-refractivity contribution >= 4 is 0 Å². The summed E-state index contributed by atoms with van der Waals surface area (Å²) in [6.07, 6.45) is 11.7. The molecule has 0 aliphatic heterocycles. The summed E-state index contributed by atoms with van der Waals surface area (Å²) in [5.74, 6) is 2.76. The molecule has 1 fully saturated rings. The molecule has 0 amide bonds. The van der Waals surface area contributed by atoms with E-state index in [9.17, 15) is 0 Å². The summed E-state index contributed by atoms with van der Waals surface area (Å²) in [5.41, 5.74) is 0. The van der Waals surface area contributed by atoms with Gasteiger partial charge in [-0.3, -0.25) is 0 Å². The second kappa shape index (κ2) is 8.97. The highest BCUT2D eigenvalue weighted by atomic mass is 14.9. The smallest absolute Gasteiger partial charge is 0.00178 e. The van der Waals surface area contributed by atoms with Crippen molar-refractivity contribution < 1.29 is 0 Å². The van der Waals surface area contributed by atoms with Crippen LogP contribution in [0.5, 0.6) is 0 Å². The van der Waals surface area contributed by atoms with Crippen LogP contribution < -0.4 is 5.32 Å². The van der Waals surface area contributed by atoms with Gasteiger partial charge >= 0.3 is 0 Å². The third-order valence-corrected chi connectivity index (χ3v) is 4.20. The Hall–Kier alpha value is -0.0400. The van der Waals surface area contributed by atoms with Crippen molar-refractivity contribution in [2.45, 2.75) is 72.1 Å². The van der Waals surface area contributed by atoms with Gasteiger partial charge in [-0.2, -0.15) is 0 Å². The summed E-state index contributed by atoms with van der Waals surface area (Å²) < 4.78 is 0. The van der Waals surface area contributed by atoms with Crippen LogP contribution in [0.4, 0.5) is 0 Å². The van der Waals surface area contributed by atoms with E-state index in [0.29, 0.717) is 0 Å². The molecular formula is C16H33N. The SMILES string of the molecule is CCCCC1CCCCCC1CNCC(C)C. The van der Waals surface area contributed by atoms with Gasteiger partial charge < -0.3 is 5.32 Å². The Labute approximate surface area is 109 Å². The molecule has 0 radical (unpaired) electrons. The summed E-state index contributed by atoms with van der Waals surface area (Å²) in [7, 11) is 0. The van der Waals surface area contributed by atoms with Gasteiger partial charge in [-0.05, 0) is 37.3 Å². The molecule has 0 aromatic heterocycles. The number of unbranched alkanes of at least 4 members (excludes halogenated alkanes) is 1. The first-order chi connectivity index (χ1) is 8.24. The van der Waals surface area contributed by atoms with Crippen LogP contribution in [-0.2, 0) is 0 Å². The van der Waals surface area contributed by atoms with Crippen molar-refractivity contribution in [3.63, 3.8) is 0 Å². The van der Waals surface area contributed by atoms with E-state index in [2.05, 4.69) is 26.1 Å². The fraction of sp³-hybridized carbons (Fsp3) is 1.00. The monoisotopic (exact) mass is 239 g/mol. The molecule has 0 spiro atoms. The lowest BCUT2D eigenvalue weighted by molar-refractivity contribution is 0.274. The molecule has 0 bridgehead atoms. The highest BCUT2D eigenvalue weighted by Gasteiger charge is 2.22. The molecule has 102 valence electrons. The zero-order valence-corrected chi connectivity index (χ0v) is 12.3. The molecule has 0 aromatic carbocycles. The lowest BCUT2D eigenvalue weighted by Gasteiger charge is -2.26. The average Bonchev–Trinajstić information content (AvgIpc) is 2.51. The first kappa shape index (κ1) is 15.0. The predicted octanol–water partition coefficient (Wildman–Crippen LogP) is 4.62. The van der Waals surface area contributed by atoms with Crippen LogP contribution >= 0.6 is 0 Å². The first-order valence-corrected chi connectivity index (χ1v) is 7.94. The Bertz CT molecular complexity index is 176. The molecule has 1 heteroatoms. The number of rotatable bonds is 7. The van der Waals surface area contributed by atoms with Gasteiger partial charge in [0, 0.05) is 0 Å². The van der Waals surface area contributed by atoms with Crippen LogP contribution in [-0.4, -0.2) is 13.1 Å². The van der Waals surface area contributed by atoms with Gasteiger partial charge in [0.05, 0.1) is 0 Å². The standard InChI is InChI=1S/C16H33N/c1-4-5-9-15-10-7-6-8-11-16(15)13-17-12-14(2)3/h14-17H,4-13H2,1-3H3. The highest BCUT2D eigenvalue weighted by Crippen LogP contribution is 2.31. The van der Waals surface area contributed by atoms with E-state index < -0.39 is 0 Å². The topological polar surface area (TPSA) is 12.0 Å². The van der Waals surface area contributed by atoms with E-state index in [0.717, 1.165) is 17.8 Å². The van der Waals surface area contributed by atoms with Crippen molar-refractivity contribution in [2.75, 3.05) is 13.1 Å². The molecule has 0 heterocycles. The molecule has 17 heavy (non-hydrogen) atoms. The number of hydrogen-bond donors (Lipinski definition) is 1. The maximum Gasteiger partial charge on any atom is -0.00178 e. The summed E-state index contributed by atoms with van der Waals surface area (Å²) in [6.45, 7) is 9.38. The van der Waals surface area contributed by atoms with Gasteiger partial charge in [-0.25, -0.2) is 0 Å². The second-order valence-corrected chi connectivity index (χ2v) is 6.35. The van der Waals surface area contributed by atoms with Crippen LogP contribution in [0.15, 0.2) is 0 Å². The quantitative estimate of drug-likeness (QED) is 0.639. The van der Waals surface area contributed by atoms with Crippen LogP contribution in [0, 0.1) is 17.8 Å². The van der Waals surface area contributed by atoms with Gasteiger partial charge in [-0.1, -0.05) is 65.7 Å². The van der Waals surface area contributed by atoms with E-state index in [4.69, 9.17) is 0 Å². The third-order valence-electron chi connectivity index (χ3n) is 4.20. The lowest BCUT2D eigenvalue weighted by Crippen LogP contribution is -2.30. The molecule has 1 aliphatic rings. The maximum absolute atomic E-state index is 3.69. The van der Waals surface area contributed by atoms with Gasteiger partial charge in [0.2, 0.25) is 0 Å². The Morgan fingerprint density at radius 2 is 1.76 bits per heavy atom. The van der Waals surface area contributed by atoms with Crippen molar-refractivity contribution in [3.05, 3.63) is 0 Å².